The van der Waals surface area contributed by atoms with E-state index in [9.17, 15) is 4.21 Å². The number of anilines is 1. The molecule has 0 spiro atoms. The lowest BCUT2D eigenvalue weighted by Gasteiger charge is -2.36. The largest absolute Gasteiger partial charge is 0.370 e. The Morgan fingerprint density at radius 3 is 2.30 bits per heavy atom. The van der Waals surface area contributed by atoms with Crippen LogP contribution in [0.1, 0.15) is 32.3 Å². The standard InChI is InChI=1S/C23H27N3OS.C2H6/c1-17-9-10-22(26-13-11-18(12-14-26)25(2)3)23-21(17)15-20(16-24-23)28(27)19-7-5-4-6-8-19;1-2/h4-10,15-16,18H,11-14H2,1-3H3;1-2H3. The van der Waals surface area contributed by atoms with Crippen LogP contribution in [0.25, 0.3) is 10.9 Å². The second-order valence-electron chi connectivity index (χ2n) is 7.73. The van der Waals surface area contributed by atoms with Gasteiger partial charge in [-0.25, -0.2) is 4.21 Å². The minimum Gasteiger partial charge on any atom is -0.370 e. The number of hydrogen-bond acceptors (Lipinski definition) is 4. The normalized spacial score (nSPS) is 15.7. The zero-order chi connectivity index (χ0) is 21.7. The van der Waals surface area contributed by atoms with Crippen molar-refractivity contribution >= 4 is 27.4 Å². The van der Waals surface area contributed by atoms with Crippen LogP contribution >= 0.6 is 0 Å². The number of aryl methyl sites for hydroxylation is 1. The summed E-state index contributed by atoms with van der Waals surface area (Å²) < 4.78 is 12.9. The molecule has 0 N–H and O–H groups in total. The number of pyridine rings is 1. The van der Waals surface area contributed by atoms with Gasteiger partial charge in [0, 0.05) is 35.6 Å². The molecule has 3 aromatic rings. The molecule has 1 aliphatic heterocycles. The van der Waals surface area contributed by atoms with E-state index in [1.807, 2.05) is 44.2 Å². The molecular weight excluding hydrogens is 390 g/mol. The maximum Gasteiger partial charge on any atom is 0.0938 e. The molecule has 1 aromatic heterocycles. The molecule has 0 saturated carbocycles. The smallest absolute Gasteiger partial charge is 0.0938 e. The maximum atomic E-state index is 12.9. The summed E-state index contributed by atoms with van der Waals surface area (Å²) in [5, 5.41) is 1.09. The lowest BCUT2D eigenvalue weighted by Crippen LogP contribution is -2.42. The minimum absolute atomic E-state index is 0.654. The van der Waals surface area contributed by atoms with E-state index in [2.05, 4.69) is 49.0 Å². The molecule has 1 aliphatic rings. The Morgan fingerprint density at radius 2 is 1.67 bits per heavy atom. The van der Waals surface area contributed by atoms with E-state index >= 15 is 0 Å². The van der Waals surface area contributed by atoms with Gasteiger partial charge in [-0.3, -0.25) is 4.98 Å². The third kappa shape index (κ3) is 4.73. The van der Waals surface area contributed by atoms with E-state index < -0.39 is 10.8 Å². The van der Waals surface area contributed by atoms with E-state index in [0.29, 0.717) is 6.04 Å². The number of rotatable bonds is 4. The number of benzene rings is 2. The summed E-state index contributed by atoms with van der Waals surface area (Å²) in [6.07, 6.45) is 4.11. The second-order valence-corrected chi connectivity index (χ2v) is 9.21. The fourth-order valence-corrected chi connectivity index (χ4v) is 5.03. The van der Waals surface area contributed by atoms with Crippen LogP contribution in [0.15, 0.2) is 64.5 Å². The van der Waals surface area contributed by atoms with E-state index in [4.69, 9.17) is 4.98 Å². The topological polar surface area (TPSA) is 36.4 Å². The summed E-state index contributed by atoms with van der Waals surface area (Å²) in [6.45, 7) is 8.18. The lowest BCUT2D eigenvalue weighted by atomic mass is 10.0. The van der Waals surface area contributed by atoms with Crippen molar-refractivity contribution in [2.75, 3.05) is 32.1 Å². The van der Waals surface area contributed by atoms with Gasteiger partial charge in [0.1, 0.15) is 0 Å². The third-order valence-corrected chi connectivity index (χ3v) is 7.08. The predicted octanol–water partition coefficient (Wildman–Crippen LogP) is 5.27. The van der Waals surface area contributed by atoms with Gasteiger partial charge in [0.2, 0.25) is 0 Å². The summed E-state index contributed by atoms with van der Waals surface area (Å²) in [7, 11) is 3.11. The molecule has 2 heterocycles. The molecule has 30 heavy (non-hydrogen) atoms. The van der Waals surface area contributed by atoms with Crippen LogP contribution in [0.5, 0.6) is 0 Å². The number of nitrogens with zero attached hydrogens (tertiary/aromatic N) is 3. The molecule has 1 atom stereocenters. The Hall–Kier alpha value is -2.24. The lowest BCUT2D eigenvalue weighted by molar-refractivity contribution is 0.250. The highest BCUT2D eigenvalue weighted by Crippen LogP contribution is 2.32. The van der Waals surface area contributed by atoms with Crippen LogP contribution in [-0.2, 0) is 10.8 Å². The highest BCUT2D eigenvalue weighted by atomic mass is 32.2. The zero-order valence-electron chi connectivity index (χ0n) is 18.8. The Labute approximate surface area is 183 Å². The number of hydrogen-bond donors (Lipinski definition) is 0. The second kappa shape index (κ2) is 10.2. The average molecular weight is 424 g/mol. The van der Waals surface area contributed by atoms with Gasteiger partial charge in [-0.2, -0.15) is 0 Å². The molecule has 4 nitrogen and oxygen atoms in total. The molecule has 1 fully saturated rings. The first-order valence-corrected chi connectivity index (χ1v) is 12.0. The SMILES string of the molecule is CC.Cc1ccc(N2CCC(N(C)C)CC2)c2ncc(S(=O)c3ccccc3)cc12. The summed E-state index contributed by atoms with van der Waals surface area (Å²) >= 11 is 0. The molecular formula is C25H33N3OS. The van der Waals surface area contributed by atoms with Crippen molar-refractivity contribution in [1.29, 1.82) is 0 Å². The van der Waals surface area contributed by atoms with Crippen LogP contribution in [0.4, 0.5) is 5.69 Å². The van der Waals surface area contributed by atoms with Gasteiger partial charge in [0.05, 0.1) is 26.9 Å². The van der Waals surface area contributed by atoms with Crippen molar-refractivity contribution in [3.8, 4) is 0 Å². The van der Waals surface area contributed by atoms with Crippen LogP contribution < -0.4 is 4.90 Å². The first-order valence-electron chi connectivity index (χ1n) is 10.8. The monoisotopic (exact) mass is 423 g/mol. The molecule has 1 unspecified atom stereocenters. The third-order valence-electron chi connectivity index (χ3n) is 5.73. The summed E-state index contributed by atoms with van der Waals surface area (Å²) in [6, 6.07) is 16.6. The van der Waals surface area contributed by atoms with Gasteiger partial charge in [-0.1, -0.05) is 38.1 Å². The molecule has 0 bridgehead atoms. The van der Waals surface area contributed by atoms with E-state index in [1.54, 1.807) is 6.20 Å². The highest BCUT2D eigenvalue weighted by molar-refractivity contribution is 7.85. The fraction of sp³-hybridized carbons (Fsp3) is 0.400. The van der Waals surface area contributed by atoms with Crippen molar-refractivity contribution in [2.24, 2.45) is 0 Å². The molecule has 0 amide bonds. The number of fused-ring (bicyclic) bond motifs is 1. The van der Waals surface area contributed by atoms with Crippen LogP contribution in [-0.4, -0.2) is 47.3 Å². The van der Waals surface area contributed by atoms with Crippen LogP contribution in [0.2, 0.25) is 0 Å². The molecule has 5 heteroatoms. The fourth-order valence-electron chi connectivity index (χ4n) is 3.98. The van der Waals surface area contributed by atoms with Crippen molar-refractivity contribution in [3.05, 3.63) is 60.3 Å². The Balaban J connectivity index is 0.00000124. The Kier molecular flexibility index (Phi) is 7.62. The summed E-state index contributed by atoms with van der Waals surface area (Å²) in [4.78, 5) is 11.1. The first kappa shape index (κ1) is 22.4. The number of piperidine rings is 1. The van der Waals surface area contributed by atoms with Crippen LogP contribution in [0.3, 0.4) is 0 Å². The molecule has 0 radical (unpaired) electrons. The van der Waals surface area contributed by atoms with Gasteiger partial charge >= 0.3 is 0 Å². The predicted molar refractivity (Wildman–Crippen MR) is 128 cm³/mol. The van der Waals surface area contributed by atoms with Crippen molar-refractivity contribution in [2.45, 2.75) is 49.4 Å². The first-order chi connectivity index (χ1) is 14.5. The highest BCUT2D eigenvalue weighted by Gasteiger charge is 2.22. The van der Waals surface area contributed by atoms with Crippen molar-refractivity contribution in [1.82, 2.24) is 9.88 Å². The average Bonchev–Trinajstić information content (AvgIpc) is 2.81. The van der Waals surface area contributed by atoms with Crippen LogP contribution in [0, 0.1) is 6.92 Å². The van der Waals surface area contributed by atoms with E-state index in [0.717, 1.165) is 33.8 Å². The molecule has 1 saturated heterocycles. The zero-order valence-corrected chi connectivity index (χ0v) is 19.6. The van der Waals surface area contributed by atoms with E-state index in [1.165, 1.54) is 24.1 Å². The molecule has 0 aliphatic carbocycles. The molecule has 2 aromatic carbocycles. The van der Waals surface area contributed by atoms with Gasteiger partial charge in [0.25, 0.3) is 0 Å². The summed E-state index contributed by atoms with van der Waals surface area (Å²) in [5.41, 5.74) is 3.37. The van der Waals surface area contributed by atoms with Gasteiger partial charge in [-0.15, -0.1) is 0 Å². The van der Waals surface area contributed by atoms with Crippen molar-refractivity contribution in [3.63, 3.8) is 0 Å². The molecule has 4 rings (SSSR count). The summed E-state index contributed by atoms with van der Waals surface area (Å²) in [5.74, 6) is 0. The molecule has 160 valence electrons. The minimum atomic E-state index is -1.21. The Bertz CT molecular complexity index is 996. The van der Waals surface area contributed by atoms with Gasteiger partial charge < -0.3 is 9.80 Å². The Morgan fingerprint density at radius 1 is 1.00 bits per heavy atom. The van der Waals surface area contributed by atoms with E-state index in [-0.39, 0.29) is 0 Å². The van der Waals surface area contributed by atoms with Gasteiger partial charge in [-0.05, 0) is 63.7 Å². The quantitative estimate of drug-likeness (QED) is 0.573. The number of aromatic nitrogens is 1. The maximum absolute atomic E-state index is 12.9. The van der Waals surface area contributed by atoms with Gasteiger partial charge in [0.15, 0.2) is 0 Å². The van der Waals surface area contributed by atoms with Crippen molar-refractivity contribution < 1.29 is 4.21 Å².